The van der Waals surface area contributed by atoms with Crippen molar-refractivity contribution in [1.82, 2.24) is 9.80 Å². The summed E-state index contributed by atoms with van der Waals surface area (Å²) in [5, 5.41) is 0. The zero-order valence-corrected chi connectivity index (χ0v) is 11.6. The first-order chi connectivity index (χ1) is 9.25. The highest BCUT2D eigenvalue weighted by Gasteiger charge is 2.51. The van der Waals surface area contributed by atoms with E-state index in [1.807, 2.05) is 0 Å². The number of carbonyl (C=O) groups is 1. The molecule has 1 amide bonds. The Bertz CT molecular complexity index is 384. The highest BCUT2D eigenvalue weighted by molar-refractivity contribution is 5.83. The number of rotatable bonds is 0. The van der Waals surface area contributed by atoms with Gasteiger partial charge in [-0.3, -0.25) is 9.69 Å². The van der Waals surface area contributed by atoms with Crippen LogP contribution in [0.25, 0.3) is 0 Å². The normalized spacial score (nSPS) is 46.7. The van der Waals surface area contributed by atoms with Crippen LogP contribution in [0.4, 0.5) is 0 Å². The molecule has 4 fully saturated rings. The first-order valence-electron chi connectivity index (χ1n) is 8.06. The number of hydrogen-bond acceptors (Lipinski definition) is 3. The lowest BCUT2D eigenvalue weighted by molar-refractivity contribution is -0.152. The third kappa shape index (κ3) is 1.76. The van der Waals surface area contributed by atoms with Gasteiger partial charge in [0.2, 0.25) is 5.91 Å². The highest BCUT2D eigenvalue weighted by Crippen LogP contribution is 2.44. The van der Waals surface area contributed by atoms with Gasteiger partial charge in [0.25, 0.3) is 0 Å². The zero-order chi connectivity index (χ0) is 13.0. The lowest BCUT2D eigenvalue weighted by atomic mass is 9.68. The number of piperidine rings is 4. The van der Waals surface area contributed by atoms with Crippen LogP contribution in [0, 0.1) is 11.8 Å². The zero-order valence-electron chi connectivity index (χ0n) is 11.6. The maximum atomic E-state index is 12.4. The van der Waals surface area contributed by atoms with E-state index in [0.29, 0.717) is 12.0 Å². The van der Waals surface area contributed by atoms with Gasteiger partial charge >= 0.3 is 0 Å². The van der Waals surface area contributed by atoms with Gasteiger partial charge in [-0.25, -0.2) is 0 Å². The third-order valence-electron chi connectivity index (χ3n) is 6.05. The van der Waals surface area contributed by atoms with Crippen molar-refractivity contribution >= 4 is 5.91 Å². The fraction of sp³-hybridized carbons (Fsp3) is 0.933. The predicted molar refractivity (Wildman–Crippen MR) is 73.5 cm³/mol. The Balaban J connectivity index is 1.65. The molecule has 106 valence electrons. The number of carbonyl (C=O) groups excluding carboxylic acids is 1. The van der Waals surface area contributed by atoms with Crippen LogP contribution in [0.3, 0.4) is 0 Å². The average Bonchev–Trinajstić information content (AvgIpc) is 2.44. The van der Waals surface area contributed by atoms with Gasteiger partial charge in [-0.05, 0) is 63.5 Å². The number of nitrogens with zero attached hydrogens (tertiary/aromatic N) is 2. The Morgan fingerprint density at radius 1 is 1.05 bits per heavy atom. The Morgan fingerprint density at radius 3 is 2.68 bits per heavy atom. The predicted octanol–water partition coefficient (Wildman–Crippen LogP) is 0.809. The molecule has 0 spiro atoms. The van der Waals surface area contributed by atoms with Gasteiger partial charge in [0.1, 0.15) is 0 Å². The van der Waals surface area contributed by atoms with Crippen molar-refractivity contribution in [1.29, 1.82) is 0 Å². The van der Waals surface area contributed by atoms with Crippen molar-refractivity contribution in [3.05, 3.63) is 0 Å². The van der Waals surface area contributed by atoms with Gasteiger partial charge < -0.3 is 10.6 Å². The smallest absolute Gasteiger partial charge is 0.239 e. The lowest BCUT2D eigenvalue weighted by Gasteiger charge is -2.59. The molecule has 0 bridgehead atoms. The van der Waals surface area contributed by atoms with Crippen LogP contribution >= 0.6 is 0 Å². The Labute approximate surface area is 115 Å². The van der Waals surface area contributed by atoms with Gasteiger partial charge in [-0.1, -0.05) is 0 Å². The molecular formula is C15H25N3O. The summed E-state index contributed by atoms with van der Waals surface area (Å²) in [6.07, 6.45) is 7.29. The molecule has 2 unspecified atom stereocenters. The van der Waals surface area contributed by atoms with Crippen LogP contribution in [0.5, 0.6) is 0 Å². The second-order valence-corrected chi connectivity index (χ2v) is 6.98. The molecule has 0 aromatic rings. The molecule has 4 aliphatic heterocycles. The van der Waals surface area contributed by atoms with Crippen LogP contribution in [-0.4, -0.2) is 53.5 Å². The minimum absolute atomic E-state index is 0.226. The average molecular weight is 263 g/mol. The van der Waals surface area contributed by atoms with E-state index >= 15 is 0 Å². The molecule has 4 nitrogen and oxygen atoms in total. The highest BCUT2D eigenvalue weighted by atomic mass is 16.2. The van der Waals surface area contributed by atoms with Gasteiger partial charge in [-0.2, -0.15) is 0 Å². The molecule has 4 aliphatic rings. The number of nitrogens with two attached hydrogens (primary N) is 1. The second kappa shape index (κ2) is 4.45. The summed E-state index contributed by atoms with van der Waals surface area (Å²) in [7, 11) is 0. The van der Waals surface area contributed by atoms with Gasteiger partial charge in [0, 0.05) is 18.6 Å². The van der Waals surface area contributed by atoms with Crippen molar-refractivity contribution in [2.45, 2.75) is 56.7 Å². The van der Waals surface area contributed by atoms with E-state index in [1.54, 1.807) is 0 Å². The van der Waals surface area contributed by atoms with E-state index in [4.69, 9.17) is 5.73 Å². The summed E-state index contributed by atoms with van der Waals surface area (Å²) in [5.74, 6) is 1.67. The summed E-state index contributed by atoms with van der Waals surface area (Å²) in [6.45, 7) is 3.56. The molecule has 4 heterocycles. The fourth-order valence-corrected chi connectivity index (χ4v) is 5.31. The van der Waals surface area contributed by atoms with Crippen molar-refractivity contribution in [3.63, 3.8) is 0 Å². The van der Waals surface area contributed by atoms with E-state index in [9.17, 15) is 4.79 Å². The molecule has 0 aromatic carbocycles. The standard InChI is InChI=1S/C15H25N3O/c16-12-5-6-13-11-4-2-8-17-7-1-3-10(14(11)17)9-18(13)15(12)19/h10-14H,1-9,16H2/t10?,11-,12?,13-,14+/m1/s1. The van der Waals surface area contributed by atoms with Crippen molar-refractivity contribution < 1.29 is 4.79 Å². The van der Waals surface area contributed by atoms with Gasteiger partial charge in [0.15, 0.2) is 0 Å². The molecule has 4 heteroatoms. The van der Waals surface area contributed by atoms with Crippen molar-refractivity contribution in [3.8, 4) is 0 Å². The van der Waals surface area contributed by atoms with Crippen LogP contribution in [0.1, 0.15) is 38.5 Å². The van der Waals surface area contributed by atoms with Crippen LogP contribution in [0.2, 0.25) is 0 Å². The first-order valence-corrected chi connectivity index (χ1v) is 8.06. The van der Waals surface area contributed by atoms with Crippen molar-refractivity contribution in [2.24, 2.45) is 17.6 Å². The number of hydrogen-bond donors (Lipinski definition) is 1. The van der Waals surface area contributed by atoms with Crippen LogP contribution < -0.4 is 5.73 Å². The van der Waals surface area contributed by atoms with Gasteiger partial charge in [0.05, 0.1) is 6.04 Å². The molecule has 19 heavy (non-hydrogen) atoms. The molecule has 4 saturated heterocycles. The van der Waals surface area contributed by atoms with E-state index in [-0.39, 0.29) is 11.9 Å². The SMILES string of the molecule is NC1CC[C@@H]2[C@H]3CCCN4CCCC(CN2C1=O)[C@@H]34. The number of fused-ring (bicyclic) bond motifs is 2. The molecule has 5 atom stereocenters. The molecule has 0 aliphatic carbocycles. The van der Waals surface area contributed by atoms with E-state index < -0.39 is 0 Å². The van der Waals surface area contributed by atoms with Crippen LogP contribution in [0.15, 0.2) is 0 Å². The minimum atomic E-state index is -0.226. The Kier molecular flexibility index (Phi) is 2.85. The van der Waals surface area contributed by atoms with E-state index in [0.717, 1.165) is 31.3 Å². The minimum Gasteiger partial charge on any atom is -0.338 e. The molecule has 0 aromatic heterocycles. The third-order valence-corrected chi connectivity index (χ3v) is 6.05. The molecule has 4 rings (SSSR count). The van der Waals surface area contributed by atoms with E-state index in [1.165, 1.54) is 38.8 Å². The fourth-order valence-electron chi connectivity index (χ4n) is 5.31. The number of amides is 1. The quantitative estimate of drug-likeness (QED) is 0.703. The van der Waals surface area contributed by atoms with Gasteiger partial charge in [-0.15, -0.1) is 0 Å². The van der Waals surface area contributed by atoms with Crippen molar-refractivity contribution in [2.75, 3.05) is 19.6 Å². The lowest BCUT2D eigenvalue weighted by Crippen LogP contribution is -2.68. The van der Waals surface area contributed by atoms with E-state index in [2.05, 4.69) is 9.80 Å². The molecule has 2 N–H and O–H groups in total. The summed E-state index contributed by atoms with van der Waals surface area (Å²) < 4.78 is 0. The summed E-state index contributed by atoms with van der Waals surface area (Å²) in [6, 6.07) is 1.04. The maximum Gasteiger partial charge on any atom is 0.239 e. The van der Waals surface area contributed by atoms with Crippen LogP contribution in [-0.2, 0) is 4.79 Å². The monoisotopic (exact) mass is 263 g/mol. The maximum absolute atomic E-state index is 12.4. The second-order valence-electron chi connectivity index (χ2n) is 6.98. The summed E-state index contributed by atoms with van der Waals surface area (Å²) in [5.41, 5.74) is 5.98. The Hall–Kier alpha value is -0.610. The topological polar surface area (TPSA) is 49.6 Å². The molecule has 0 radical (unpaired) electrons. The molecule has 0 saturated carbocycles. The summed E-state index contributed by atoms with van der Waals surface area (Å²) in [4.78, 5) is 17.3. The first kappa shape index (κ1) is 12.2. The molecular weight excluding hydrogens is 238 g/mol. The Morgan fingerprint density at radius 2 is 1.84 bits per heavy atom. The largest absolute Gasteiger partial charge is 0.338 e. The summed E-state index contributed by atoms with van der Waals surface area (Å²) >= 11 is 0.